The number of hydrogen-bond acceptors (Lipinski definition) is 2. The first-order valence-electron chi connectivity index (χ1n) is 8.56. The summed E-state index contributed by atoms with van der Waals surface area (Å²) >= 11 is 12.7. The summed E-state index contributed by atoms with van der Waals surface area (Å²) in [6, 6.07) is 0. The summed E-state index contributed by atoms with van der Waals surface area (Å²) in [4.78, 5) is 0. The van der Waals surface area contributed by atoms with Crippen molar-refractivity contribution in [2.75, 3.05) is 0 Å². The second-order valence-corrected chi connectivity index (χ2v) is 18.6. The van der Waals surface area contributed by atoms with Gasteiger partial charge in [-0.25, -0.2) is 0 Å². The van der Waals surface area contributed by atoms with E-state index in [0.29, 0.717) is 0 Å². The third-order valence-corrected chi connectivity index (χ3v) is 16.6. The van der Waals surface area contributed by atoms with Gasteiger partial charge in [-0.3, -0.25) is 10.2 Å². The molecule has 1 aliphatic rings. The Morgan fingerprint density at radius 1 is 0.542 bits per heavy atom. The third kappa shape index (κ3) is 4.70. The van der Waals surface area contributed by atoms with Crippen molar-refractivity contribution in [2.45, 2.75) is 105 Å². The molecule has 0 bridgehead atoms. The predicted molar refractivity (Wildman–Crippen MR) is 118 cm³/mol. The highest BCUT2D eigenvalue weighted by atomic mass is 32.5. The number of nitrogens with zero attached hydrogens (tertiary/aromatic N) is 2. The number of rotatable bonds is 2. The molecule has 0 aromatic rings. The first-order valence-corrected chi connectivity index (χ1v) is 14.0. The summed E-state index contributed by atoms with van der Waals surface area (Å²) in [6.45, 7) is 22.1. The van der Waals surface area contributed by atoms with Gasteiger partial charge in [-0.1, -0.05) is 0 Å². The number of hydrogen-bond donors (Lipinski definition) is 2. The van der Waals surface area contributed by atoms with E-state index in [9.17, 15) is 0 Å². The Hall–Kier alpha value is 1.14. The minimum atomic E-state index is -2.15. The molecule has 2 N–H and O–H groups in total. The molecule has 0 aromatic heterocycles. The summed E-state index contributed by atoms with van der Waals surface area (Å²) in [7, 11) is 0. The molecule has 144 valence electrons. The van der Waals surface area contributed by atoms with Gasteiger partial charge in [0.1, 0.15) is 0 Å². The Kier molecular flexibility index (Phi) is 6.13. The van der Waals surface area contributed by atoms with Crippen LogP contribution in [0.5, 0.6) is 0 Å². The van der Waals surface area contributed by atoms with E-state index in [0.717, 1.165) is 0 Å². The SMILES string of the molecule is CC(C)(C)NP1(=S)N(C(C)(C)C)P(=S)(NC(C)(C)C)N1C(C)(C)C. The lowest BCUT2D eigenvalue weighted by molar-refractivity contribution is 0.257. The summed E-state index contributed by atoms with van der Waals surface area (Å²) < 4.78 is 4.89. The Labute approximate surface area is 160 Å². The summed E-state index contributed by atoms with van der Waals surface area (Å²) in [6.07, 6.45) is 0. The maximum absolute atomic E-state index is 6.33. The Bertz CT molecular complexity index is 509. The van der Waals surface area contributed by atoms with Crippen LogP contribution in [0.4, 0.5) is 0 Å². The van der Waals surface area contributed by atoms with Gasteiger partial charge < -0.3 is 0 Å². The molecule has 0 spiro atoms. The van der Waals surface area contributed by atoms with Gasteiger partial charge in [0.05, 0.1) is 0 Å². The van der Waals surface area contributed by atoms with Gasteiger partial charge in [-0.2, -0.15) is 8.88 Å². The van der Waals surface area contributed by atoms with Crippen molar-refractivity contribution in [1.29, 1.82) is 0 Å². The highest BCUT2D eigenvalue weighted by Gasteiger charge is 2.65. The third-order valence-electron chi connectivity index (χ3n) is 3.19. The average molecular weight is 413 g/mol. The van der Waals surface area contributed by atoms with Crippen LogP contribution in [-0.4, -0.2) is 31.0 Å². The van der Waals surface area contributed by atoms with Crippen molar-refractivity contribution in [3.05, 3.63) is 0 Å². The van der Waals surface area contributed by atoms with E-state index in [-0.39, 0.29) is 22.2 Å². The smallest absolute Gasteiger partial charge is 0.156 e. The maximum atomic E-state index is 6.33. The van der Waals surface area contributed by atoms with E-state index in [4.69, 9.17) is 23.6 Å². The second-order valence-electron chi connectivity index (χ2n) is 10.7. The van der Waals surface area contributed by atoms with Gasteiger partial charge in [0, 0.05) is 22.2 Å². The van der Waals surface area contributed by atoms with Gasteiger partial charge in [-0.15, -0.1) is 0 Å². The highest BCUT2D eigenvalue weighted by molar-refractivity contribution is 8.28. The van der Waals surface area contributed by atoms with Crippen molar-refractivity contribution >= 4 is 36.6 Å². The van der Waals surface area contributed by atoms with Crippen LogP contribution in [0.3, 0.4) is 0 Å². The maximum Gasteiger partial charge on any atom is 0.156 e. The first kappa shape index (κ1) is 23.2. The zero-order valence-corrected chi connectivity index (χ0v) is 21.0. The van der Waals surface area contributed by atoms with E-state index < -0.39 is 13.0 Å². The lowest BCUT2D eigenvalue weighted by atomic mass is 10.1. The van der Waals surface area contributed by atoms with Gasteiger partial charge in [0.15, 0.2) is 13.0 Å². The average Bonchev–Trinajstić information content (AvgIpc) is 2.00. The minimum absolute atomic E-state index is 0.0646. The van der Waals surface area contributed by atoms with Crippen molar-refractivity contribution in [2.24, 2.45) is 0 Å². The molecular formula is C16H38N4P2S2. The lowest BCUT2D eigenvalue weighted by Gasteiger charge is -2.70. The van der Waals surface area contributed by atoms with Crippen LogP contribution in [0.1, 0.15) is 83.1 Å². The lowest BCUT2D eigenvalue weighted by Crippen LogP contribution is -2.65. The van der Waals surface area contributed by atoms with Gasteiger partial charge in [0.2, 0.25) is 0 Å². The fraction of sp³-hybridized carbons (Fsp3) is 1.00. The fourth-order valence-electron chi connectivity index (χ4n) is 3.15. The van der Waals surface area contributed by atoms with Crippen LogP contribution in [0.2, 0.25) is 0 Å². The topological polar surface area (TPSA) is 30.5 Å². The van der Waals surface area contributed by atoms with Crippen molar-refractivity contribution in [3.63, 3.8) is 0 Å². The first-order chi connectivity index (χ1) is 10.1. The predicted octanol–water partition coefficient (Wildman–Crippen LogP) is 5.43. The quantitative estimate of drug-likeness (QED) is 0.589. The molecule has 0 amide bonds. The van der Waals surface area contributed by atoms with Crippen molar-refractivity contribution < 1.29 is 0 Å². The van der Waals surface area contributed by atoms with E-state index in [1.165, 1.54) is 0 Å². The molecule has 0 saturated carbocycles. The van der Waals surface area contributed by atoms with Crippen LogP contribution in [0.25, 0.3) is 0 Å². The van der Waals surface area contributed by atoms with E-state index in [1.807, 2.05) is 0 Å². The van der Waals surface area contributed by atoms with Crippen LogP contribution >= 0.6 is 13.0 Å². The monoisotopic (exact) mass is 412 g/mol. The molecule has 0 atom stereocenters. The molecule has 0 aliphatic carbocycles. The minimum Gasteiger partial charge on any atom is -0.260 e. The van der Waals surface area contributed by atoms with Crippen molar-refractivity contribution in [1.82, 2.24) is 19.1 Å². The Morgan fingerprint density at radius 3 is 0.875 bits per heavy atom. The molecule has 1 rings (SSSR count). The second kappa shape index (κ2) is 6.34. The van der Waals surface area contributed by atoms with E-state index >= 15 is 0 Å². The molecule has 4 nitrogen and oxygen atoms in total. The van der Waals surface area contributed by atoms with Gasteiger partial charge in [0.25, 0.3) is 0 Å². The molecular weight excluding hydrogens is 374 g/mol. The van der Waals surface area contributed by atoms with E-state index in [2.05, 4.69) is 102 Å². The van der Waals surface area contributed by atoms with E-state index in [1.54, 1.807) is 0 Å². The normalized spacial score (nSPS) is 31.2. The van der Waals surface area contributed by atoms with Crippen molar-refractivity contribution in [3.8, 4) is 0 Å². The van der Waals surface area contributed by atoms with Crippen LogP contribution in [0.15, 0.2) is 0 Å². The number of nitrogens with one attached hydrogen (secondary N) is 2. The van der Waals surface area contributed by atoms with Crippen LogP contribution in [-0.2, 0) is 23.6 Å². The van der Waals surface area contributed by atoms with Gasteiger partial charge >= 0.3 is 0 Å². The summed E-state index contributed by atoms with van der Waals surface area (Å²) in [5.74, 6) is 0. The molecule has 8 heteroatoms. The van der Waals surface area contributed by atoms with Crippen LogP contribution in [0, 0.1) is 0 Å². The van der Waals surface area contributed by atoms with Crippen LogP contribution < -0.4 is 10.2 Å². The molecule has 1 heterocycles. The highest BCUT2D eigenvalue weighted by Crippen LogP contribution is 2.87. The zero-order valence-electron chi connectivity index (χ0n) is 17.6. The molecule has 0 aromatic carbocycles. The Balaban J connectivity index is 3.58. The summed E-state index contributed by atoms with van der Waals surface area (Å²) in [5.41, 5.74) is -0.317. The molecule has 1 aliphatic heterocycles. The summed E-state index contributed by atoms with van der Waals surface area (Å²) in [5, 5.41) is 7.57. The standard InChI is InChI=1S/C16H38N4P2S2/c1-13(2,3)17-21(23)19(15(7,8)9)22(24,18-14(4,5)6)20(21)16(10,11)12/h1-12H3,(H,17,23)(H,18,24). The molecule has 0 unspecified atom stereocenters. The molecule has 24 heavy (non-hydrogen) atoms. The largest absolute Gasteiger partial charge is 0.260 e. The molecule has 0 radical (unpaired) electrons. The molecule has 1 saturated heterocycles. The van der Waals surface area contributed by atoms with Gasteiger partial charge in [-0.05, 0) is 107 Å². The fourth-order valence-corrected chi connectivity index (χ4v) is 21.7. The molecule has 1 fully saturated rings. The zero-order chi connectivity index (χ0) is 19.6. The Morgan fingerprint density at radius 2 is 0.750 bits per heavy atom.